The number of nitrogens with one attached hydrogen (secondary N) is 1. The van der Waals surface area contributed by atoms with Crippen LogP contribution in [0.3, 0.4) is 0 Å². The van der Waals surface area contributed by atoms with E-state index in [9.17, 15) is 4.79 Å². The van der Waals surface area contributed by atoms with Crippen LogP contribution in [0, 0.1) is 13.8 Å². The van der Waals surface area contributed by atoms with E-state index < -0.39 is 0 Å². The summed E-state index contributed by atoms with van der Waals surface area (Å²) in [6, 6.07) is 3.86. The van der Waals surface area contributed by atoms with Crippen molar-refractivity contribution in [3.8, 4) is 11.5 Å². The quantitative estimate of drug-likeness (QED) is 0.863. The summed E-state index contributed by atoms with van der Waals surface area (Å²) >= 11 is 0. The number of fused-ring (bicyclic) bond motifs is 2. The van der Waals surface area contributed by atoms with Gasteiger partial charge in [0.05, 0.1) is 11.2 Å². The van der Waals surface area contributed by atoms with Crippen molar-refractivity contribution in [2.75, 3.05) is 12.1 Å². The van der Waals surface area contributed by atoms with Gasteiger partial charge in [-0.05, 0) is 46.2 Å². The summed E-state index contributed by atoms with van der Waals surface area (Å²) in [5.41, 5.74) is 4.95. The molecule has 2 aliphatic rings. The van der Waals surface area contributed by atoms with Crippen LogP contribution in [0.1, 0.15) is 55.6 Å². The van der Waals surface area contributed by atoms with Gasteiger partial charge in [-0.25, -0.2) is 0 Å². The zero-order valence-electron chi connectivity index (χ0n) is 15.3. The first-order chi connectivity index (χ1) is 11.8. The van der Waals surface area contributed by atoms with Gasteiger partial charge in [0.2, 0.25) is 12.7 Å². The molecule has 0 unspecified atom stereocenters. The standard InChI is InChI=1S/C19H23N3O3/c1-10-18(11(2)22(21-10)19(3,4)5)13-7-17(23)20-14-8-16-15(6-12(13)14)24-9-25-16/h6,8,13H,7,9H2,1-5H3,(H,20,23)/t13-/m0/s1. The molecule has 0 aliphatic carbocycles. The fraction of sp³-hybridized carbons (Fsp3) is 0.474. The highest BCUT2D eigenvalue weighted by Gasteiger charge is 2.34. The van der Waals surface area contributed by atoms with Crippen LogP contribution in [0.15, 0.2) is 12.1 Å². The van der Waals surface area contributed by atoms with Crippen molar-refractivity contribution in [3.05, 3.63) is 34.6 Å². The number of carbonyl (C=O) groups excluding carboxylic acids is 1. The van der Waals surface area contributed by atoms with Gasteiger partial charge in [-0.15, -0.1) is 0 Å². The zero-order chi connectivity index (χ0) is 17.9. The predicted octanol–water partition coefficient (Wildman–Crippen LogP) is 3.46. The van der Waals surface area contributed by atoms with Gasteiger partial charge in [0.15, 0.2) is 11.5 Å². The summed E-state index contributed by atoms with van der Waals surface area (Å²) in [6.07, 6.45) is 0.407. The Labute approximate surface area is 147 Å². The second-order valence-corrected chi connectivity index (χ2v) is 7.76. The lowest BCUT2D eigenvalue weighted by Gasteiger charge is -2.27. The Morgan fingerprint density at radius 2 is 1.88 bits per heavy atom. The lowest BCUT2D eigenvalue weighted by atomic mass is 9.83. The first kappa shape index (κ1) is 16.0. The molecule has 3 heterocycles. The monoisotopic (exact) mass is 341 g/mol. The maximum atomic E-state index is 12.3. The van der Waals surface area contributed by atoms with Crippen molar-refractivity contribution in [2.45, 2.75) is 52.5 Å². The van der Waals surface area contributed by atoms with Crippen molar-refractivity contribution in [1.82, 2.24) is 9.78 Å². The summed E-state index contributed by atoms with van der Waals surface area (Å²) in [7, 11) is 0. The summed E-state index contributed by atoms with van der Waals surface area (Å²) in [5.74, 6) is 1.39. The van der Waals surface area contributed by atoms with E-state index in [1.54, 1.807) is 0 Å². The van der Waals surface area contributed by atoms with E-state index in [0.29, 0.717) is 12.2 Å². The molecule has 6 nitrogen and oxygen atoms in total. The topological polar surface area (TPSA) is 65.4 Å². The van der Waals surface area contributed by atoms with Crippen molar-refractivity contribution in [3.63, 3.8) is 0 Å². The second kappa shape index (κ2) is 5.25. The van der Waals surface area contributed by atoms with Gasteiger partial charge < -0.3 is 14.8 Å². The molecule has 2 aliphatic heterocycles. The van der Waals surface area contributed by atoms with Crippen LogP contribution in [-0.2, 0) is 10.3 Å². The highest BCUT2D eigenvalue weighted by molar-refractivity contribution is 5.96. The minimum Gasteiger partial charge on any atom is -0.454 e. The molecular formula is C19H23N3O3. The minimum atomic E-state index is -0.109. The number of carbonyl (C=O) groups is 1. The normalized spacial score (nSPS) is 18.9. The minimum absolute atomic E-state index is 0.0127. The molecule has 4 rings (SSSR count). The van der Waals surface area contributed by atoms with Crippen molar-refractivity contribution < 1.29 is 14.3 Å². The Bertz CT molecular complexity index is 877. The molecule has 6 heteroatoms. The van der Waals surface area contributed by atoms with E-state index in [0.717, 1.165) is 34.0 Å². The van der Waals surface area contributed by atoms with Gasteiger partial charge >= 0.3 is 0 Å². The molecule has 0 spiro atoms. The van der Waals surface area contributed by atoms with Crippen LogP contribution in [0.25, 0.3) is 0 Å². The summed E-state index contributed by atoms with van der Waals surface area (Å²) < 4.78 is 13.0. The first-order valence-corrected chi connectivity index (χ1v) is 8.55. The smallest absolute Gasteiger partial charge is 0.231 e. The molecule has 1 aromatic heterocycles. The zero-order valence-corrected chi connectivity index (χ0v) is 15.3. The maximum absolute atomic E-state index is 12.3. The average molecular weight is 341 g/mol. The molecule has 0 saturated heterocycles. The van der Waals surface area contributed by atoms with Gasteiger partial charge in [0, 0.05) is 35.3 Å². The van der Waals surface area contributed by atoms with E-state index in [-0.39, 0.29) is 24.2 Å². The van der Waals surface area contributed by atoms with E-state index in [1.165, 1.54) is 0 Å². The fourth-order valence-corrected chi connectivity index (χ4v) is 3.92. The van der Waals surface area contributed by atoms with E-state index in [2.05, 4.69) is 37.7 Å². The Morgan fingerprint density at radius 3 is 2.52 bits per heavy atom. The van der Waals surface area contributed by atoms with Gasteiger partial charge in [0.25, 0.3) is 0 Å². The van der Waals surface area contributed by atoms with Gasteiger partial charge in [-0.3, -0.25) is 9.48 Å². The molecular weight excluding hydrogens is 318 g/mol. The third-order valence-corrected chi connectivity index (χ3v) is 4.91. The lowest BCUT2D eigenvalue weighted by molar-refractivity contribution is -0.116. The van der Waals surface area contributed by atoms with Crippen LogP contribution in [-0.4, -0.2) is 22.5 Å². The second-order valence-electron chi connectivity index (χ2n) is 7.76. The number of aryl methyl sites for hydroxylation is 1. The average Bonchev–Trinajstić information content (AvgIpc) is 3.08. The number of anilines is 1. The Hall–Kier alpha value is -2.50. The maximum Gasteiger partial charge on any atom is 0.231 e. The molecule has 132 valence electrons. The largest absolute Gasteiger partial charge is 0.454 e. The van der Waals surface area contributed by atoms with Crippen molar-refractivity contribution >= 4 is 11.6 Å². The predicted molar refractivity (Wildman–Crippen MR) is 94.4 cm³/mol. The number of hydrogen-bond acceptors (Lipinski definition) is 4. The molecule has 1 N–H and O–H groups in total. The Kier molecular flexibility index (Phi) is 3.36. The summed E-state index contributed by atoms with van der Waals surface area (Å²) in [4.78, 5) is 12.3. The third kappa shape index (κ3) is 2.47. The molecule has 1 atom stereocenters. The number of amides is 1. The van der Waals surface area contributed by atoms with Crippen LogP contribution in [0.4, 0.5) is 5.69 Å². The van der Waals surface area contributed by atoms with E-state index in [1.807, 2.05) is 19.1 Å². The van der Waals surface area contributed by atoms with E-state index in [4.69, 9.17) is 14.6 Å². The highest BCUT2D eigenvalue weighted by atomic mass is 16.7. The third-order valence-electron chi connectivity index (χ3n) is 4.91. The Morgan fingerprint density at radius 1 is 1.20 bits per heavy atom. The molecule has 2 aromatic rings. The van der Waals surface area contributed by atoms with Gasteiger partial charge in [-0.1, -0.05) is 0 Å². The molecule has 0 radical (unpaired) electrons. The lowest BCUT2D eigenvalue weighted by Crippen LogP contribution is -2.26. The number of benzene rings is 1. The van der Waals surface area contributed by atoms with Crippen LogP contribution in [0.5, 0.6) is 11.5 Å². The van der Waals surface area contributed by atoms with Crippen molar-refractivity contribution in [2.24, 2.45) is 0 Å². The van der Waals surface area contributed by atoms with Crippen LogP contribution in [0.2, 0.25) is 0 Å². The molecule has 0 bridgehead atoms. The Balaban J connectivity index is 1.88. The number of ether oxygens (including phenoxy) is 2. The van der Waals surface area contributed by atoms with Crippen LogP contribution < -0.4 is 14.8 Å². The molecule has 1 aromatic carbocycles. The number of hydrogen-bond donors (Lipinski definition) is 1. The van der Waals surface area contributed by atoms with Crippen LogP contribution >= 0.6 is 0 Å². The number of rotatable bonds is 1. The highest BCUT2D eigenvalue weighted by Crippen LogP contribution is 2.46. The SMILES string of the molecule is Cc1nn(C(C)(C)C)c(C)c1[C@H]1CC(=O)Nc2cc3c(cc21)OCO3. The van der Waals surface area contributed by atoms with Crippen molar-refractivity contribution in [1.29, 1.82) is 0 Å². The molecule has 25 heavy (non-hydrogen) atoms. The van der Waals surface area contributed by atoms with Gasteiger partial charge in [-0.2, -0.15) is 5.10 Å². The number of nitrogens with zero attached hydrogens (tertiary/aromatic N) is 2. The van der Waals surface area contributed by atoms with Gasteiger partial charge in [0.1, 0.15) is 0 Å². The number of aromatic nitrogens is 2. The summed E-state index contributed by atoms with van der Waals surface area (Å²) in [5, 5.41) is 7.72. The van der Waals surface area contributed by atoms with E-state index >= 15 is 0 Å². The molecule has 0 saturated carbocycles. The molecule has 0 fully saturated rings. The molecule has 1 amide bonds. The fourth-order valence-electron chi connectivity index (χ4n) is 3.92. The first-order valence-electron chi connectivity index (χ1n) is 8.55. The summed E-state index contributed by atoms with van der Waals surface area (Å²) in [6.45, 7) is 10.7.